The van der Waals surface area contributed by atoms with Crippen LogP contribution in [0, 0.1) is 11.3 Å². The minimum atomic E-state index is -3.76. The Labute approximate surface area is 116 Å². The number of nitrogens with zero attached hydrogens (tertiary/aromatic N) is 2. The summed E-state index contributed by atoms with van der Waals surface area (Å²) in [5, 5.41) is 8.32. The van der Waals surface area contributed by atoms with Crippen molar-refractivity contribution in [2.24, 2.45) is 0 Å². The molecule has 0 spiro atoms. The number of esters is 1. The van der Waals surface area contributed by atoms with Gasteiger partial charge in [0.15, 0.2) is 6.61 Å². The van der Waals surface area contributed by atoms with Crippen LogP contribution >= 0.6 is 11.6 Å². The summed E-state index contributed by atoms with van der Waals surface area (Å²) < 4.78 is 29.5. The molecule has 19 heavy (non-hydrogen) atoms. The third kappa shape index (κ3) is 3.44. The van der Waals surface area contributed by atoms with Crippen molar-refractivity contribution >= 4 is 27.6 Å². The van der Waals surface area contributed by atoms with Crippen molar-refractivity contribution in [3.63, 3.8) is 0 Å². The summed E-state index contributed by atoms with van der Waals surface area (Å²) >= 11 is 5.82. The van der Waals surface area contributed by atoms with Crippen molar-refractivity contribution in [3.05, 3.63) is 28.8 Å². The van der Waals surface area contributed by atoms with Gasteiger partial charge in [-0.3, -0.25) is 0 Å². The predicted molar refractivity (Wildman–Crippen MR) is 68.2 cm³/mol. The number of carbonyl (C=O) groups is 1. The normalized spacial score (nSPS) is 11.1. The van der Waals surface area contributed by atoms with Gasteiger partial charge in [0.1, 0.15) is 11.0 Å². The summed E-state index contributed by atoms with van der Waals surface area (Å²) in [4.78, 5) is 11.3. The molecule has 6 nitrogen and oxygen atoms in total. The van der Waals surface area contributed by atoms with Crippen LogP contribution in [0.25, 0.3) is 0 Å². The molecule has 1 aromatic carbocycles. The van der Waals surface area contributed by atoms with E-state index in [1.807, 2.05) is 0 Å². The molecule has 102 valence electrons. The number of ether oxygens (including phenoxy) is 1. The number of halogens is 1. The SMILES string of the molecule is CN(C)S(=O)(=O)c1cc(C(=O)OCC#N)ccc1Cl. The Kier molecular flexibility index (Phi) is 4.89. The lowest BCUT2D eigenvalue weighted by atomic mass is 10.2. The lowest BCUT2D eigenvalue weighted by molar-refractivity contribution is 0.0554. The minimum absolute atomic E-state index is 0.00512. The van der Waals surface area contributed by atoms with Crippen molar-refractivity contribution in [1.29, 1.82) is 5.26 Å². The van der Waals surface area contributed by atoms with Crippen LogP contribution in [0.3, 0.4) is 0 Å². The fourth-order valence-corrected chi connectivity index (χ4v) is 2.60. The second-order valence-corrected chi connectivity index (χ2v) is 6.19. The van der Waals surface area contributed by atoms with Gasteiger partial charge in [-0.1, -0.05) is 11.6 Å². The molecule has 0 atom stereocenters. The van der Waals surface area contributed by atoms with Gasteiger partial charge in [-0.05, 0) is 18.2 Å². The second kappa shape index (κ2) is 6.02. The van der Waals surface area contributed by atoms with Gasteiger partial charge in [-0.15, -0.1) is 0 Å². The average Bonchev–Trinajstić information content (AvgIpc) is 2.36. The number of nitriles is 1. The third-order valence-electron chi connectivity index (χ3n) is 2.19. The van der Waals surface area contributed by atoms with E-state index in [9.17, 15) is 13.2 Å². The molecule has 1 aromatic rings. The number of rotatable bonds is 4. The van der Waals surface area contributed by atoms with Crippen LogP contribution in [0.5, 0.6) is 0 Å². The highest BCUT2D eigenvalue weighted by molar-refractivity contribution is 7.89. The summed E-state index contributed by atoms with van der Waals surface area (Å²) in [6.07, 6.45) is 0. The molecule has 0 saturated heterocycles. The molecule has 0 amide bonds. The molecule has 0 saturated carbocycles. The lowest BCUT2D eigenvalue weighted by Gasteiger charge is -2.13. The zero-order valence-corrected chi connectivity index (χ0v) is 11.8. The number of hydrogen-bond donors (Lipinski definition) is 0. The van der Waals surface area contributed by atoms with Crippen molar-refractivity contribution < 1.29 is 17.9 Å². The van der Waals surface area contributed by atoms with E-state index in [2.05, 4.69) is 4.74 Å². The first kappa shape index (κ1) is 15.4. The highest BCUT2D eigenvalue weighted by Crippen LogP contribution is 2.25. The Hall–Kier alpha value is -1.62. The Morgan fingerprint density at radius 1 is 1.47 bits per heavy atom. The van der Waals surface area contributed by atoms with Gasteiger partial charge in [0.25, 0.3) is 0 Å². The molecule has 0 unspecified atom stereocenters. The maximum atomic E-state index is 12.0. The van der Waals surface area contributed by atoms with Crippen LogP contribution in [0.15, 0.2) is 23.1 Å². The largest absolute Gasteiger partial charge is 0.447 e. The zero-order valence-electron chi connectivity index (χ0n) is 10.3. The van der Waals surface area contributed by atoms with Crippen molar-refractivity contribution in [3.8, 4) is 6.07 Å². The smallest absolute Gasteiger partial charge is 0.339 e. The molecule has 0 heterocycles. The molecule has 0 N–H and O–H groups in total. The fourth-order valence-electron chi connectivity index (χ4n) is 1.21. The number of benzene rings is 1. The van der Waals surface area contributed by atoms with Gasteiger partial charge < -0.3 is 4.74 Å². The Morgan fingerprint density at radius 3 is 2.63 bits per heavy atom. The van der Waals surface area contributed by atoms with Gasteiger partial charge in [-0.2, -0.15) is 5.26 Å². The summed E-state index contributed by atoms with van der Waals surface area (Å²) in [7, 11) is -1.05. The topological polar surface area (TPSA) is 87.5 Å². The van der Waals surface area contributed by atoms with E-state index in [0.29, 0.717) is 0 Å². The summed E-state index contributed by atoms with van der Waals surface area (Å²) in [6.45, 7) is -0.406. The first-order valence-corrected chi connectivity index (χ1v) is 6.88. The lowest BCUT2D eigenvalue weighted by Crippen LogP contribution is -2.23. The number of carbonyl (C=O) groups excluding carboxylic acids is 1. The molecule has 0 aliphatic carbocycles. The number of hydrogen-bond acceptors (Lipinski definition) is 5. The van der Waals surface area contributed by atoms with Crippen molar-refractivity contribution in [1.82, 2.24) is 4.31 Å². The van der Waals surface area contributed by atoms with E-state index in [1.165, 1.54) is 26.2 Å². The average molecular weight is 303 g/mol. The fraction of sp³-hybridized carbons (Fsp3) is 0.273. The summed E-state index contributed by atoms with van der Waals surface area (Å²) in [5.41, 5.74) is 0.0140. The van der Waals surface area contributed by atoms with Crippen molar-refractivity contribution in [2.45, 2.75) is 4.90 Å². The van der Waals surface area contributed by atoms with Gasteiger partial charge in [0, 0.05) is 14.1 Å². The van der Waals surface area contributed by atoms with Gasteiger partial charge >= 0.3 is 5.97 Å². The maximum Gasteiger partial charge on any atom is 0.339 e. The van der Waals surface area contributed by atoms with E-state index < -0.39 is 22.6 Å². The van der Waals surface area contributed by atoms with Crippen LogP contribution in [-0.4, -0.2) is 39.4 Å². The first-order chi connectivity index (χ1) is 8.80. The summed E-state index contributed by atoms with van der Waals surface area (Å²) in [5.74, 6) is -0.784. The van der Waals surface area contributed by atoms with Gasteiger partial charge in [-0.25, -0.2) is 17.5 Å². The Morgan fingerprint density at radius 2 is 2.11 bits per heavy atom. The van der Waals surface area contributed by atoms with E-state index in [4.69, 9.17) is 16.9 Å². The van der Waals surface area contributed by atoms with Gasteiger partial charge in [0.2, 0.25) is 10.0 Å². The molecule has 0 aromatic heterocycles. The molecular weight excluding hydrogens is 292 g/mol. The molecule has 0 fully saturated rings. The molecular formula is C11H11ClN2O4S. The minimum Gasteiger partial charge on any atom is -0.447 e. The second-order valence-electron chi connectivity index (χ2n) is 3.67. The third-order valence-corrected chi connectivity index (χ3v) is 4.49. The van der Waals surface area contributed by atoms with Gasteiger partial charge in [0.05, 0.1) is 10.6 Å². The van der Waals surface area contributed by atoms with E-state index in [1.54, 1.807) is 6.07 Å². The molecule has 0 aliphatic rings. The van der Waals surface area contributed by atoms with E-state index >= 15 is 0 Å². The molecule has 0 aliphatic heterocycles. The Bertz CT molecular complexity index is 635. The monoisotopic (exact) mass is 302 g/mol. The zero-order chi connectivity index (χ0) is 14.6. The Balaban J connectivity index is 3.23. The van der Waals surface area contributed by atoms with E-state index in [-0.39, 0.29) is 15.5 Å². The standard InChI is InChI=1S/C11H11ClN2O4S/c1-14(2)19(16,17)10-7-8(3-4-9(10)12)11(15)18-6-5-13/h3-4,7H,6H2,1-2H3. The summed E-state index contributed by atoms with van der Waals surface area (Å²) in [6, 6.07) is 5.39. The van der Waals surface area contributed by atoms with Crippen LogP contribution < -0.4 is 0 Å². The van der Waals surface area contributed by atoms with E-state index in [0.717, 1.165) is 10.4 Å². The predicted octanol–water partition coefficient (Wildman–Crippen LogP) is 1.27. The molecule has 1 rings (SSSR count). The van der Waals surface area contributed by atoms with Crippen molar-refractivity contribution in [2.75, 3.05) is 20.7 Å². The van der Waals surface area contributed by atoms with Crippen LogP contribution in [-0.2, 0) is 14.8 Å². The van der Waals surface area contributed by atoms with Crippen LogP contribution in [0.1, 0.15) is 10.4 Å². The van der Waals surface area contributed by atoms with Crippen LogP contribution in [0.4, 0.5) is 0 Å². The molecule has 0 bridgehead atoms. The first-order valence-electron chi connectivity index (χ1n) is 5.07. The highest BCUT2D eigenvalue weighted by atomic mass is 35.5. The number of sulfonamides is 1. The molecule has 8 heteroatoms. The quantitative estimate of drug-likeness (QED) is 0.782. The highest BCUT2D eigenvalue weighted by Gasteiger charge is 2.22. The van der Waals surface area contributed by atoms with Crippen LogP contribution in [0.2, 0.25) is 5.02 Å². The maximum absolute atomic E-state index is 12.0. The molecule has 0 radical (unpaired) electrons.